The minimum absolute atomic E-state index is 0.105. The fraction of sp³-hybridized carbons (Fsp3) is 0.120. The molecule has 1 unspecified atom stereocenters. The number of aromatic nitrogens is 2. The van der Waals surface area contributed by atoms with Gasteiger partial charge in [0.25, 0.3) is 0 Å². The van der Waals surface area contributed by atoms with Crippen LogP contribution in [0.2, 0.25) is 0 Å². The summed E-state index contributed by atoms with van der Waals surface area (Å²) in [4.78, 5) is 16.0. The van der Waals surface area contributed by atoms with Crippen molar-refractivity contribution in [1.82, 2.24) is 9.55 Å². The first-order valence-corrected chi connectivity index (χ1v) is 12.1. The Morgan fingerprint density at radius 1 is 1.00 bits per heavy atom. The van der Waals surface area contributed by atoms with Crippen LogP contribution < -0.4 is 4.74 Å². The number of aromatic carboxylic acids is 1. The Morgan fingerprint density at radius 3 is 2.30 bits per heavy atom. The Bertz CT molecular complexity index is 1350. The summed E-state index contributed by atoms with van der Waals surface area (Å²) < 4.78 is 33.3. The molecule has 33 heavy (non-hydrogen) atoms. The van der Waals surface area contributed by atoms with Crippen LogP contribution in [0, 0.1) is 0 Å². The second kappa shape index (κ2) is 9.30. The van der Waals surface area contributed by atoms with Gasteiger partial charge in [-0.1, -0.05) is 54.6 Å². The summed E-state index contributed by atoms with van der Waals surface area (Å²) in [5, 5.41) is 9.79. The first-order valence-electron chi connectivity index (χ1n) is 10.1. The molecule has 0 aliphatic rings. The molecule has 8 heteroatoms. The molecule has 3 aromatic carbocycles. The molecule has 0 saturated heterocycles. The van der Waals surface area contributed by atoms with Gasteiger partial charge in [0.2, 0.25) is 5.44 Å². The van der Waals surface area contributed by atoms with Gasteiger partial charge in [0.05, 0.1) is 11.9 Å². The number of carboxylic acids is 1. The maximum Gasteiger partial charge on any atom is 0.336 e. The lowest BCUT2D eigenvalue weighted by Gasteiger charge is -2.23. The van der Waals surface area contributed by atoms with E-state index in [1.807, 2.05) is 42.5 Å². The number of hydrogen-bond acceptors (Lipinski definition) is 5. The normalized spacial score (nSPS) is 12.3. The minimum atomic E-state index is -3.85. The van der Waals surface area contributed by atoms with Crippen molar-refractivity contribution in [2.45, 2.75) is 12.0 Å². The van der Waals surface area contributed by atoms with Gasteiger partial charge >= 0.3 is 5.97 Å². The molecule has 4 aromatic rings. The van der Waals surface area contributed by atoms with E-state index in [-0.39, 0.29) is 17.7 Å². The number of sulfone groups is 1. The highest BCUT2D eigenvalue weighted by Crippen LogP contribution is 2.33. The van der Waals surface area contributed by atoms with Crippen LogP contribution in [-0.4, -0.2) is 35.3 Å². The fourth-order valence-electron chi connectivity index (χ4n) is 3.63. The van der Waals surface area contributed by atoms with Crippen LogP contribution in [0.4, 0.5) is 0 Å². The van der Waals surface area contributed by atoms with E-state index in [9.17, 15) is 18.3 Å². The zero-order chi connectivity index (χ0) is 23.4. The highest BCUT2D eigenvalue weighted by molar-refractivity contribution is 7.90. The van der Waals surface area contributed by atoms with Gasteiger partial charge in [0, 0.05) is 30.8 Å². The lowest BCUT2D eigenvalue weighted by molar-refractivity contribution is 0.0693. The first kappa shape index (κ1) is 22.3. The molecular formula is C25H22N2O5S. The molecule has 1 aromatic heterocycles. The fourth-order valence-corrected chi connectivity index (χ4v) is 4.63. The number of imidazole rings is 1. The molecule has 0 aliphatic heterocycles. The molecule has 0 spiro atoms. The van der Waals surface area contributed by atoms with Crippen molar-refractivity contribution in [3.05, 3.63) is 108 Å². The zero-order valence-corrected chi connectivity index (χ0v) is 18.6. The molecule has 4 rings (SSSR count). The molecule has 0 aliphatic carbocycles. The number of nitrogens with zero attached hydrogens (tertiary/aromatic N) is 2. The van der Waals surface area contributed by atoms with Crippen molar-refractivity contribution in [3.8, 4) is 16.9 Å². The molecule has 1 atom stereocenters. The van der Waals surface area contributed by atoms with Crippen molar-refractivity contribution in [3.63, 3.8) is 0 Å². The summed E-state index contributed by atoms with van der Waals surface area (Å²) in [7, 11) is -3.85. The van der Waals surface area contributed by atoms with Gasteiger partial charge in [0.15, 0.2) is 9.84 Å². The van der Waals surface area contributed by atoms with Crippen LogP contribution in [-0.2, 0) is 16.4 Å². The van der Waals surface area contributed by atoms with Crippen LogP contribution in [0.5, 0.6) is 5.75 Å². The maximum atomic E-state index is 12.8. The molecule has 0 fully saturated rings. The molecular weight excluding hydrogens is 440 g/mol. The number of benzene rings is 3. The number of rotatable bonds is 8. The molecule has 0 radical (unpaired) electrons. The van der Waals surface area contributed by atoms with E-state index in [4.69, 9.17) is 4.74 Å². The SMILES string of the molecule is CS(=O)(=O)C(Oc1ccc(-c2ccccc2)cc1)c1c(Cn2ccnc2)cccc1C(=O)O. The van der Waals surface area contributed by atoms with E-state index >= 15 is 0 Å². The third-order valence-electron chi connectivity index (χ3n) is 5.17. The average molecular weight is 463 g/mol. The summed E-state index contributed by atoms with van der Waals surface area (Å²) in [6.07, 6.45) is 5.93. The Labute approximate surface area is 191 Å². The van der Waals surface area contributed by atoms with Gasteiger partial charge < -0.3 is 14.4 Å². The summed E-state index contributed by atoms with van der Waals surface area (Å²) in [6.45, 7) is 0.249. The Morgan fingerprint density at radius 2 is 1.70 bits per heavy atom. The summed E-state index contributed by atoms with van der Waals surface area (Å²) in [6, 6.07) is 21.4. The average Bonchev–Trinajstić information content (AvgIpc) is 3.31. The highest BCUT2D eigenvalue weighted by Gasteiger charge is 2.32. The van der Waals surface area contributed by atoms with Gasteiger partial charge in [-0.25, -0.2) is 18.2 Å². The zero-order valence-electron chi connectivity index (χ0n) is 17.8. The van der Waals surface area contributed by atoms with Crippen molar-refractivity contribution in [2.24, 2.45) is 0 Å². The number of ether oxygens (including phenoxy) is 1. The van der Waals surface area contributed by atoms with Crippen molar-refractivity contribution < 1.29 is 23.1 Å². The van der Waals surface area contributed by atoms with E-state index in [2.05, 4.69) is 4.98 Å². The molecule has 0 saturated carbocycles. The Hall–Kier alpha value is -3.91. The van der Waals surface area contributed by atoms with E-state index in [1.54, 1.807) is 47.6 Å². The molecule has 1 heterocycles. The standard InChI is InChI=1S/C25H22N2O5S/c1-33(30,31)25(32-21-12-10-19(11-13-21)18-6-3-2-4-7-18)23-20(16-27-15-14-26-17-27)8-5-9-22(23)24(28)29/h2-15,17,25H,16H2,1H3,(H,28,29). The van der Waals surface area contributed by atoms with Gasteiger partial charge in [-0.3, -0.25) is 0 Å². The predicted molar refractivity (Wildman–Crippen MR) is 125 cm³/mol. The van der Waals surface area contributed by atoms with Crippen LogP contribution in [0.1, 0.15) is 26.9 Å². The van der Waals surface area contributed by atoms with Gasteiger partial charge in [-0.2, -0.15) is 0 Å². The number of carboxylic acid groups (broad SMARTS) is 1. The summed E-state index contributed by atoms with van der Waals surface area (Å²) in [5.74, 6) is -0.909. The maximum absolute atomic E-state index is 12.8. The molecule has 0 amide bonds. The van der Waals surface area contributed by atoms with Crippen LogP contribution in [0.15, 0.2) is 91.5 Å². The van der Waals surface area contributed by atoms with Crippen LogP contribution in [0.25, 0.3) is 11.1 Å². The van der Waals surface area contributed by atoms with E-state index in [1.165, 1.54) is 6.07 Å². The second-order valence-corrected chi connectivity index (χ2v) is 9.68. The topological polar surface area (TPSA) is 98.5 Å². The van der Waals surface area contributed by atoms with Crippen molar-refractivity contribution in [2.75, 3.05) is 6.26 Å². The molecule has 0 bridgehead atoms. The third-order valence-corrected chi connectivity index (χ3v) is 6.28. The largest absolute Gasteiger partial charge is 0.478 e. The van der Waals surface area contributed by atoms with Crippen molar-refractivity contribution >= 4 is 15.8 Å². The van der Waals surface area contributed by atoms with E-state index in [0.29, 0.717) is 11.3 Å². The highest BCUT2D eigenvalue weighted by atomic mass is 32.2. The number of hydrogen-bond donors (Lipinski definition) is 1. The summed E-state index contributed by atoms with van der Waals surface area (Å²) in [5.41, 5.74) is 0.973. The number of carbonyl (C=O) groups is 1. The van der Waals surface area contributed by atoms with Crippen molar-refractivity contribution in [1.29, 1.82) is 0 Å². The summed E-state index contributed by atoms with van der Waals surface area (Å²) >= 11 is 0. The Balaban J connectivity index is 1.75. The van der Waals surface area contributed by atoms with Gasteiger partial charge in [-0.15, -0.1) is 0 Å². The van der Waals surface area contributed by atoms with E-state index in [0.717, 1.165) is 17.4 Å². The second-order valence-electron chi connectivity index (χ2n) is 7.59. The van der Waals surface area contributed by atoms with Gasteiger partial charge in [-0.05, 0) is 34.9 Å². The molecule has 7 nitrogen and oxygen atoms in total. The van der Waals surface area contributed by atoms with Gasteiger partial charge in [0.1, 0.15) is 5.75 Å². The monoisotopic (exact) mass is 462 g/mol. The lowest BCUT2D eigenvalue weighted by atomic mass is 10.0. The van der Waals surface area contributed by atoms with Crippen LogP contribution >= 0.6 is 0 Å². The Kier molecular flexibility index (Phi) is 6.28. The smallest absolute Gasteiger partial charge is 0.336 e. The third kappa shape index (κ3) is 5.12. The predicted octanol–water partition coefficient (Wildman–Crippen LogP) is 4.42. The quantitative estimate of drug-likeness (QED) is 0.416. The minimum Gasteiger partial charge on any atom is -0.478 e. The van der Waals surface area contributed by atoms with E-state index < -0.39 is 21.2 Å². The molecule has 168 valence electrons. The van der Waals surface area contributed by atoms with Crippen LogP contribution in [0.3, 0.4) is 0 Å². The molecule has 1 N–H and O–H groups in total. The first-order chi connectivity index (χ1) is 15.8. The lowest BCUT2D eigenvalue weighted by Crippen LogP contribution is -2.23.